The van der Waals surface area contributed by atoms with E-state index in [1.54, 1.807) is 6.92 Å². The molecule has 0 aliphatic heterocycles. The van der Waals surface area contributed by atoms with Gasteiger partial charge in [-0.05, 0) is 13.3 Å². The van der Waals surface area contributed by atoms with E-state index in [4.69, 9.17) is 11.2 Å². The van der Waals surface area contributed by atoms with E-state index in [2.05, 4.69) is 5.92 Å². The summed E-state index contributed by atoms with van der Waals surface area (Å²) in [6, 6.07) is 0. The van der Waals surface area contributed by atoms with Crippen LogP contribution < -0.4 is 0 Å². The normalized spacial score (nSPS) is 11.7. The molecule has 0 aliphatic carbocycles. The van der Waals surface area contributed by atoms with Gasteiger partial charge >= 0.3 is 5.97 Å². The van der Waals surface area contributed by atoms with Gasteiger partial charge in [0.05, 0.1) is 0 Å². The van der Waals surface area contributed by atoms with Crippen LogP contribution in [-0.4, -0.2) is 12.1 Å². The first-order valence-electron chi connectivity index (χ1n) is 3.86. The number of esters is 1. The van der Waals surface area contributed by atoms with Gasteiger partial charge in [0.15, 0.2) is 6.10 Å². The maximum Gasteiger partial charge on any atom is 0.307 e. The van der Waals surface area contributed by atoms with Crippen LogP contribution in [-0.2, 0) is 9.53 Å². The van der Waals surface area contributed by atoms with Crippen molar-refractivity contribution >= 4 is 5.97 Å². The lowest BCUT2D eigenvalue weighted by atomic mass is 10.2. The van der Waals surface area contributed by atoms with Gasteiger partial charge in [-0.3, -0.25) is 4.79 Å². The van der Waals surface area contributed by atoms with Gasteiger partial charge < -0.3 is 4.74 Å². The molecule has 0 spiro atoms. The Bertz CT molecular complexity index is 155. The molecule has 0 aliphatic rings. The fraction of sp³-hybridized carbons (Fsp3) is 0.667. The van der Waals surface area contributed by atoms with Gasteiger partial charge in [-0.1, -0.05) is 19.3 Å². The molecule has 0 aromatic carbocycles. The highest BCUT2D eigenvalue weighted by atomic mass is 16.5. The lowest BCUT2D eigenvalue weighted by molar-refractivity contribution is -0.145. The molecule has 11 heavy (non-hydrogen) atoms. The SMILES string of the molecule is C#CC(C)OC(=O)CCCC. The molecule has 0 bridgehead atoms. The van der Waals surface area contributed by atoms with E-state index < -0.39 is 0 Å². The highest BCUT2D eigenvalue weighted by molar-refractivity contribution is 5.69. The topological polar surface area (TPSA) is 26.3 Å². The highest BCUT2D eigenvalue weighted by Gasteiger charge is 2.04. The number of hydrogen-bond acceptors (Lipinski definition) is 2. The van der Waals surface area contributed by atoms with E-state index in [9.17, 15) is 4.79 Å². The van der Waals surface area contributed by atoms with Crippen LogP contribution in [0.3, 0.4) is 0 Å². The first-order chi connectivity index (χ1) is 5.20. The van der Waals surface area contributed by atoms with Crippen molar-refractivity contribution in [1.82, 2.24) is 0 Å². The van der Waals surface area contributed by atoms with Crippen molar-refractivity contribution in [3.63, 3.8) is 0 Å². The lowest BCUT2D eigenvalue weighted by Gasteiger charge is -2.05. The third kappa shape index (κ3) is 5.47. The van der Waals surface area contributed by atoms with E-state index in [1.165, 1.54) is 0 Å². The van der Waals surface area contributed by atoms with Crippen molar-refractivity contribution in [2.75, 3.05) is 0 Å². The summed E-state index contributed by atoms with van der Waals surface area (Å²) in [7, 11) is 0. The summed E-state index contributed by atoms with van der Waals surface area (Å²) in [6.07, 6.45) is 6.98. The molecular formula is C9H14O2. The summed E-state index contributed by atoms with van der Waals surface area (Å²) in [5, 5.41) is 0. The van der Waals surface area contributed by atoms with Gasteiger partial charge in [-0.15, -0.1) is 6.42 Å². The minimum Gasteiger partial charge on any atom is -0.449 e. The van der Waals surface area contributed by atoms with E-state index in [0.717, 1.165) is 12.8 Å². The number of ether oxygens (including phenoxy) is 1. The fourth-order valence-corrected chi connectivity index (χ4v) is 0.611. The van der Waals surface area contributed by atoms with Crippen LogP contribution in [0.25, 0.3) is 0 Å². The smallest absolute Gasteiger partial charge is 0.307 e. The van der Waals surface area contributed by atoms with Crippen molar-refractivity contribution in [3.8, 4) is 12.3 Å². The van der Waals surface area contributed by atoms with Gasteiger partial charge in [-0.25, -0.2) is 0 Å². The monoisotopic (exact) mass is 154 g/mol. The molecule has 1 atom stereocenters. The maximum absolute atomic E-state index is 10.9. The summed E-state index contributed by atoms with van der Waals surface area (Å²) in [6.45, 7) is 3.71. The second-order valence-corrected chi connectivity index (χ2v) is 2.40. The molecule has 0 fully saturated rings. The third-order valence-electron chi connectivity index (χ3n) is 1.28. The molecule has 2 nitrogen and oxygen atoms in total. The van der Waals surface area contributed by atoms with Crippen LogP contribution in [0.15, 0.2) is 0 Å². The number of carbonyl (C=O) groups excluding carboxylic acids is 1. The maximum atomic E-state index is 10.9. The Kier molecular flexibility index (Phi) is 5.28. The van der Waals surface area contributed by atoms with Gasteiger partial charge in [0.25, 0.3) is 0 Å². The minimum absolute atomic E-state index is 0.197. The lowest BCUT2D eigenvalue weighted by Crippen LogP contribution is -2.12. The Morgan fingerprint density at radius 2 is 2.36 bits per heavy atom. The van der Waals surface area contributed by atoms with E-state index in [1.807, 2.05) is 6.92 Å². The van der Waals surface area contributed by atoms with E-state index in [-0.39, 0.29) is 12.1 Å². The third-order valence-corrected chi connectivity index (χ3v) is 1.28. The summed E-state index contributed by atoms with van der Waals surface area (Å²) in [5.41, 5.74) is 0. The zero-order valence-electron chi connectivity index (χ0n) is 7.09. The first kappa shape index (κ1) is 10.0. The Morgan fingerprint density at radius 3 is 2.82 bits per heavy atom. The minimum atomic E-state index is -0.389. The highest BCUT2D eigenvalue weighted by Crippen LogP contribution is 1.98. The molecule has 0 rings (SSSR count). The van der Waals surface area contributed by atoms with Crippen LogP contribution in [0, 0.1) is 12.3 Å². The van der Waals surface area contributed by atoms with Gasteiger partial charge in [-0.2, -0.15) is 0 Å². The molecule has 62 valence electrons. The van der Waals surface area contributed by atoms with Crippen LogP contribution >= 0.6 is 0 Å². The molecule has 0 saturated heterocycles. The molecule has 2 heteroatoms. The molecule has 0 N–H and O–H groups in total. The average Bonchev–Trinajstić information content (AvgIpc) is 2.00. The molecule has 0 amide bonds. The number of rotatable bonds is 4. The average molecular weight is 154 g/mol. The Morgan fingerprint density at radius 1 is 1.73 bits per heavy atom. The van der Waals surface area contributed by atoms with Gasteiger partial charge in [0.2, 0.25) is 0 Å². The Hall–Kier alpha value is -0.970. The molecule has 0 aromatic rings. The largest absolute Gasteiger partial charge is 0.449 e. The van der Waals surface area contributed by atoms with Crippen LogP contribution in [0.1, 0.15) is 33.1 Å². The standard InChI is InChI=1S/C9H14O2/c1-4-6-7-9(10)11-8(3)5-2/h2,8H,4,6-7H2,1,3H3. The molecule has 0 aromatic heterocycles. The summed E-state index contributed by atoms with van der Waals surface area (Å²) in [5.74, 6) is 2.13. The number of carbonyl (C=O) groups is 1. The van der Waals surface area contributed by atoms with Crippen LogP contribution in [0.2, 0.25) is 0 Å². The van der Waals surface area contributed by atoms with E-state index in [0.29, 0.717) is 6.42 Å². The Labute approximate surface area is 67.9 Å². The van der Waals surface area contributed by atoms with E-state index >= 15 is 0 Å². The van der Waals surface area contributed by atoms with Crippen LogP contribution in [0.4, 0.5) is 0 Å². The second-order valence-electron chi connectivity index (χ2n) is 2.40. The number of terminal acetylenes is 1. The predicted molar refractivity (Wildman–Crippen MR) is 43.9 cm³/mol. The number of hydrogen-bond donors (Lipinski definition) is 0. The summed E-state index contributed by atoms with van der Waals surface area (Å²) in [4.78, 5) is 10.9. The zero-order valence-corrected chi connectivity index (χ0v) is 7.09. The van der Waals surface area contributed by atoms with Crippen molar-refractivity contribution in [3.05, 3.63) is 0 Å². The number of unbranched alkanes of at least 4 members (excludes halogenated alkanes) is 1. The predicted octanol–water partition coefficient (Wildman–Crippen LogP) is 1.74. The van der Waals surface area contributed by atoms with Crippen molar-refractivity contribution in [1.29, 1.82) is 0 Å². The van der Waals surface area contributed by atoms with Crippen molar-refractivity contribution in [2.45, 2.75) is 39.2 Å². The first-order valence-corrected chi connectivity index (χ1v) is 3.86. The molecule has 0 heterocycles. The molecule has 0 saturated carbocycles. The zero-order chi connectivity index (χ0) is 8.69. The molecular weight excluding hydrogens is 140 g/mol. The Balaban J connectivity index is 3.46. The second kappa shape index (κ2) is 5.79. The van der Waals surface area contributed by atoms with Gasteiger partial charge in [0, 0.05) is 6.42 Å². The molecule has 1 unspecified atom stereocenters. The summed E-state index contributed by atoms with van der Waals surface area (Å²) < 4.78 is 4.83. The molecule has 0 radical (unpaired) electrons. The van der Waals surface area contributed by atoms with Crippen LogP contribution in [0.5, 0.6) is 0 Å². The quantitative estimate of drug-likeness (QED) is 0.455. The van der Waals surface area contributed by atoms with Crippen molar-refractivity contribution < 1.29 is 9.53 Å². The van der Waals surface area contributed by atoms with Crippen molar-refractivity contribution in [2.24, 2.45) is 0 Å². The van der Waals surface area contributed by atoms with Gasteiger partial charge in [0.1, 0.15) is 0 Å². The fourth-order valence-electron chi connectivity index (χ4n) is 0.611. The summed E-state index contributed by atoms with van der Waals surface area (Å²) >= 11 is 0.